The van der Waals surface area contributed by atoms with E-state index in [-0.39, 0.29) is 35.0 Å². The van der Waals surface area contributed by atoms with Crippen LogP contribution >= 0.6 is 0 Å². The molecule has 0 N–H and O–H groups in total. The number of nitrogens with zero attached hydrogens (tertiary/aromatic N) is 3. The predicted molar refractivity (Wildman–Crippen MR) is 113 cm³/mol. The second kappa shape index (κ2) is 10.2. The zero-order valence-corrected chi connectivity index (χ0v) is 18.9. The van der Waals surface area contributed by atoms with Crippen molar-refractivity contribution in [1.82, 2.24) is 9.21 Å². The average molecular weight is 442 g/mol. The number of carbonyl (C=O) groups is 1. The Kier molecular flexibility index (Phi) is 8.19. The molecule has 168 valence electrons. The zero-order chi connectivity index (χ0) is 22.5. The van der Waals surface area contributed by atoms with Crippen LogP contribution in [0.3, 0.4) is 0 Å². The number of benzene rings is 1. The first-order valence-electron chi connectivity index (χ1n) is 10.2. The van der Waals surface area contributed by atoms with E-state index in [2.05, 4.69) is 0 Å². The molecule has 1 aromatic rings. The molecule has 1 amide bonds. The fraction of sp³-hybridized carbons (Fsp3) is 0.650. The van der Waals surface area contributed by atoms with Crippen LogP contribution in [0.1, 0.15) is 40.5 Å². The summed E-state index contributed by atoms with van der Waals surface area (Å²) in [6.45, 7) is 9.62. The summed E-state index contributed by atoms with van der Waals surface area (Å²) in [5.74, 6) is 0.164. The Hall–Kier alpha value is -2.20. The van der Waals surface area contributed by atoms with Crippen molar-refractivity contribution in [3.05, 3.63) is 28.3 Å². The van der Waals surface area contributed by atoms with E-state index in [0.29, 0.717) is 26.2 Å². The van der Waals surface area contributed by atoms with E-state index in [1.54, 1.807) is 4.90 Å². The average Bonchev–Trinajstić information content (AvgIpc) is 3.20. The van der Waals surface area contributed by atoms with E-state index in [4.69, 9.17) is 4.74 Å². The van der Waals surface area contributed by atoms with Gasteiger partial charge in [-0.25, -0.2) is 8.42 Å². The van der Waals surface area contributed by atoms with Crippen LogP contribution < -0.4 is 4.74 Å². The standard InChI is InChI=1S/C20H31N3O6S/c1-15(2)12-21(13-16(3)4)20(24)14-29-19-8-7-17(11-18(19)23(25)26)30(27,28)22-9-5-6-10-22/h7-8,11,15-16H,5-6,9-10,12-14H2,1-4H3. The first-order valence-corrected chi connectivity index (χ1v) is 11.7. The molecule has 30 heavy (non-hydrogen) atoms. The van der Waals surface area contributed by atoms with Gasteiger partial charge in [0.2, 0.25) is 10.0 Å². The molecular weight excluding hydrogens is 410 g/mol. The van der Waals surface area contributed by atoms with Gasteiger partial charge < -0.3 is 9.64 Å². The molecule has 10 heteroatoms. The highest BCUT2D eigenvalue weighted by molar-refractivity contribution is 7.89. The van der Waals surface area contributed by atoms with Crippen LogP contribution in [0.5, 0.6) is 5.75 Å². The molecule has 1 aliphatic heterocycles. The molecule has 0 bridgehead atoms. The lowest BCUT2D eigenvalue weighted by Crippen LogP contribution is -2.39. The minimum absolute atomic E-state index is 0.122. The maximum Gasteiger partial charge on any atom is 0.312 e. The highest BCUT2D eigenvalue weighted by Gasteiger charge is 2.30. The molecule has 9 nitrogen and oxygen atoms in total. The third-order valence-electron chi connectivity index (χ3n) is 4.70. The molecule has 0 atom stereocenters. The summed E-state index contributed by atoms with van der Waals surface area (Å²) in [4.78, 5) is 25.0. The summed E-state index contributed by atoms with van der Waals surface area (Å²) in [6.07, 6.45) is 1.54. The van der Waals surface area contributed by atoms with Gasteiger partial charge in [-0.3, -0.25) is 14.9 Å². The molecule has 0 aliphatic carbocycles. The molecule has 1 aliphatic rings. The van der Waals surface area contributed by atoms with E-state index in [9.17, 15) is 23.3 Å². The van der Waals surface area contributed by atoms with Crippen molar-refractivity contribution in [1.29, 1.82) is 0 Å². The Morgan fingerprint density at radius 1 is 1.17 bits per heavy atom. The summed E-state index contributed by atoms with van der Waals surface area (Å²) >= 11 is 0. The van der Waals surface area contributed by atoms with Crippen LogP contribution in [0.2, 0.25) is 0 Å². The van der Waals surface area contributed by atoms with Crippen LogP contribution in [-0.2, 0) is 14.8 Å². The number of hydrogen-bond acceptors (Lipinski definition) is 6. The number of carbonyl (C=O) groups excluding carboxylic acids is 1. The van der Waals surface area contributed by atoms with E-state index >= 15 is 0 Å². The van der Waals surface area contributed by atoms with Gasteiger partial charge in [0, 0.05) is 32.2 Å². The maximum atomic E-state index is 12.7. The SMILES string of the molecule is CC(C)CN(CC(C)C)C(=O)COc1ccc(S(=O)(=O)N2CCCC2)cc1[N+](=O)[O-]. The number of rotatable bonds is 10. The highest BCUT2D eigenvalue weighted by atomic mass is 32.2. The summed E-state index contributed by atoms with van der Waals surface area (Å²) in [5, 5.41) is 11.5. The van der Waals surface area contributed by atoms with Crippen LogP contribution in [-0.4, -0.2) is 61.2 Å². The van der Waals surface area contributed by atoms with E-state index < -0.39 is 20.6 Å². The Labute approximate surface area is 178 Å². The number of ether oxygens (including phenoxy) is 1. The number of hydrogen-bond donors (Lipinski definition) is 0. The van der Waals surface area contributed by atoms with E-state index in [1.807, 2.05) is 27.7 Å². The van der Waals surface area contributed by atoms with Crippen molar-refractivity contribution in [3.8, 4) is 5.75 Å². The number of sulfonamides is 1. The first-order chi connectivity index (χ1) is 14.0. The van der Waals surface area contributed by atoms with Gasteiger partial charge in [-0.05, 0) is 36.8 Å². The Morgan fingerprint density at radius 2 is 1.73 bits per heavy atom. The number of nitro benzene ring substituents is 1. The largest absolute Gasteiger partial charge is 0.477 e. The molecule has 2 rings (SSSR count). The normalized spacial score (nSPS) is 15.0. The summed E-state index contributed by atoms with van der Waals surface area (Å²) in [5.41, 5.74) is -0.470. The van der Waals surface area contributed by atoms with Crippen molar-refractivity contribution in [3.63, 3.8) is 0 Å². The molecule has 1 saturated heterocycles. The molecule has 1 aromatic carbocycles. The van der Waals surface area contributed by atoms with Gasteiger partial charge in [-0.2, -0.15) is 4.31 Å². The van der Waals surface area contributed by atoms with Gasteiger partial charge in [0.1, 0.15) is 0 Å². The summed E-state index contributed by atoms with van der Waals surface area (Å²) in [7, 11) is -3.79. The van der Waals surface area contributed by atoms with Crippen molar-refractivity contribution < 1.29 is 22.9 Å². The van der Waals surface area contributed by atoms with Crippen molar-refractivity contribution >= 4 is 21.6 Å². The molecule has 0 aromatic heterocycles. The van der Waals surface area contributed by atoms with Crippen molar-refractivity contribution in [2.24, 2.45) is 11.8 Å². The van der Waals surface area contributed by atoms with Crippen LogP contribution in [0.4, 0.5) is 5.69 Å². The predicted octanol–water partition coefficient (Wildman–Crippen LogP) is 2.90. The molecule has 1 heterocycles. The zero-order valence-electron chi connectivity index (χ0n) is 18.0. The van der Waals surface area contributed by atoms with Gasteiger partial charge in [0.05, 0.1) is 9.82 Å². The lowest BCUT2D eigenvalue weighted by molar-refractivity contribution is -0.386. The second-order valence-corrected chi connectivity index (χ2v) is 10.3. The molecule has 0 spiro atoms. The van der Waals surface area contributed by atoms with Gasteiger partial charge in [0.15, 0.2) is 12.4 Å². The fourth-order valence-electron chi connectivity index (χ4n) is 3.39. The van der Waals surface area contributed by atoms with Crippen LogP contribution in [0, 0.1) is 22.0 Å². The Morgan fingerprint density at radius 3 is 2.23 bits per heavy atom. The summed E-state index contributed by atoms with van der Waals surface area (Å²) in [6, 6.07) is 3.55. The van der Waals surface area contributed by atoms with Crippen LogP contribution in [0.25, 0.3) is 0 Å². The molecule has 0 radical (unpaired) electrons. The van der Waals surface area contributed by atoms with Gasteiger partial charge in [0.25, 0.3) is 5.91 Å². The van der Waals surface area contributed by atoms with E-state index in [0.717, 1.165) is 18.9 Å². The smallest absolute Gasteiger partial charge is 0.312 e. The van der Waals surface area contributed by atoms with Crippen LogP contribution in [0.15, 0.2) is 23.1 Å². The Bertz CT molecular complexity index is 853. The third-order valence-corrected chi connectivity index (χ3v) is 6.60. The Balaban J connectivity index is 2.19. The minimum Gasteiger partial charge on any atom is -0.477 e. The summed E-state index contributed by atoms with van der Waals surface area (Å²) < 4.78 is 32.1. The molecule has 0 unspecified atom stereocenters. The van der Waals surface area contributed by atoms with Gasteiger partial charge in [-0.1, -0.05) is 27.7 Å². The molecule has 0 saturated carbocycles. The first kappa shape index (κ1) is 24.1. The van der Waals surface area contributed by atoms with Gasteiger partial charge >= 0.3 is 5.69 Å². The molecular formula is C20H31N3O6S. The topological polar surface area (TPSA) is 110 Å². The number of amides is 1. The fourth-order valence-corrected chi connectivity index (χ4v) is 4.93. The lowest BCUT2D eigenvalue weighted by atomic mass is 10.1. The van der Waals surface area contributed by atoms with Gasteiger partial charge in [-0.15, -0.1) is 0 Å². The van der Waals surface area contributed by atoms with Crippen molar-refractivity contribution in [2.75, 3.05) is 32.8 Å². The number of nitro groups is 1. The maximum absolute atomic E-state index is 12.7. The third kappa shape index (κ3) is 6.15. The monoisotopic (exact) mass is 441 g/mol. The highest BCUT2D eigenvalue weighted by Crippen LogP contribution is 2.31. The molecule has 1 fully saturated rings. The van der Waals surface area contributed by atoms with Crippen molar-refractivity contribution in [2.45, 2.75) is 45.4 Å². The quantitative estimate of drug-likeness (QED) is 0.408. The van der Waals surface area contributed by atoms with E-state index in [1.165, 1.54) is 16.4 Å². The minimum atomic E-state index is -3.79. The lowest BCUT2D eigenvalue weighted by Gasteiger charge is -2.26. The second-order valence-electron chi connectivity index (χ2n) is 8.37.